The Bertz CT molecular complexity index is 170. The smallest absolute Gasteiger partial charge is 0.0102 e. The van der Waals surface area contributed by atoms with E-state index in [-0.39, 0.29) is 0 Å². The van der Waals surface area contributed by atoms with Crippen LogP contribution in [0.4, 0.5) is 0 Å². The van der Waals surface area contributed by atoms with E-state index in [1.165, 1.54) is 17.6 Å². The second-order valence-corrected chi connectivity index (χ2v) is 2.99. The van der Waals surface area contributed by atoms with Gasteiger partial charge in [0.2, 0.25) is 0 Å². The van der Waals surface area contributed by atoms with Crippen LogP contribution in [0.3, 0.4) is 0 Å². The minimum atomic E-state index is 1.21. The van der Waals surface area contributed by atoms with Gasteiger partial charge in [-0.2, -0.15) is 0 Å². The lowest BCUT2D eigenvalue weighted by molar-refractivity contribution is 1.13. The molecule has 0 bridgehead atoms. The van der Waals surface area contributed by atoms with E-state index in [2.05, 4.69) is 27.7 Å². The predicted octanol–water partition coefficient (Wildman–Crippen LogP) is 4.09. The number of hydrogen-bond acceptors (Lipinski definition) is 0. The van der Waals surface area contributed by atoms with Gasteiger partial charge in [0.25, 0.3) is 0 Å². The number of hydrogen-bond donors (Lipinski definition) is 0. The summed E-state index contributed by atoms with van der Waals surface area (Å²) >= 11 is 0. The van der Waals surface area contributed by atoms with Gasteiger partial charge in [0.1, 0.15) is 0 Å². The summed E-state index contributed by atoms with van der Waals surface area (Å²) in [5.41, 5.74) is 6.11. The number of allylic oxidation sites excluding steroid dienone is 4. The molecule has 0 heterocycles. The number of rotatable bonds is 0. The van der Waals surface area contributed by atoms with Crippen molar-refractivity contribution in [3.63, 3.8) is 0 Å². The Balaban J connectivity index is 0.000000461. The van der Waals surface area contributed by atoms with Gasteiger partial charge in [-0.3, -0.25) is 0 Å². The van der Waals surface area contributed by atoms with Crippen molar-refractivity contribution in [3.05, 3.63) is 22.3 Å². The van der Waals surface area contributed by atoms with Gasteiger partial charge >= 0.3 is 0 Å². The van der Waals surface area contributed by atoms with Crippen molar-refractivity contribution in [2.24, 2.45) is 0 Å². The van der Waals surface area contributed by atoms with Crippen LogP contribution in [0.2, 0.25) is 0 Å². The summed E-state index contributed by atoms with van der Waals surface area (Å²) in [5.74, 6) is 0. The highest BCUT2D eigenvalue weighted by molar-refractivity contribution is 5.43. The lowest BCUT2D eigenvalue weighted by Gasteiger charge is -1.94. The van der Waals surface area contributed by atoms with Crippen LogP contribution in [0.25, 0.3) is 0 Å². The van der Waals surface area contributed by atoms with E-state index < -0.39 is 0 Å². The molecule has 0 unspecified atom stereocenters. The molecule has 0 N–H and O–H groups in total. The molecule has 0 nitrogen and oxygen atoms in total. The first-order valence-corrected chi connectivity index (χ1v) is 4.46. The van der Waals surface area contributed by atoms with Crippen molar-refractivity contribution >= 4 is 0 Å². The maximum atomic E-state index is 2.22. The summed E-state index contributed by atoms with van der Waals surface area (Å²) < 4.78 is 0. The van der Waals surface area contributed by atoms with E-state index >= 15 is 0 Å². The topological polar surface area (TPSA) is 0 Å². The predicted molar refractivity (Wildman–Crippen MR) is 52.7 cm³/mol. The van der Waals surface area contributed by atoms with Crippen molar-refractivity contribution in [1.29, 1.82) is 0 Å². The van der Waals surface area contributed by atoms with E-state index in [1.54, 1.807) is 11.1 Å². The highest BCUT2D eigenvalue weighted by Gasteiger charge is 2.10. The van der Waals surface area contributed by atoms with Gasteiger partial charge in [0.05, 0.1) is 0 Å². The van der Waals surface area contributed by atoms with Crippen molar-refractivity contribution in [3.8, 4) is 0 Å². The maximum absolute atomic E-state index is 2.22. The summed E-state index contributed by atoms with van der Waals surface area (Å²) in [4.78, 5) is 0. The zero-order valence-electron chi connectivity index (χ0n) is 8.71. The molecular weight excluding hydrogens is 132 g/mol. The normalized spacial score (nSPS) is 16.9. The molecule has 0 aromatic rings. The molecule has 0 aromatic heterocycles. The zero-order chi connectivity index (χ0) is 9.02. The van der Waals surface area contributed by atoms with Gasteiger partial charge in [0, 0.05) is 0 Å². The minimum absolute atomic E-state index is 1.21. The van der Waals surface area contributed by atoms with E-state index in [4.69, 9.17) is 0 Å². The summed E-state index contributed by atoms with van der Waals surface area (Å²) in [6.07, 6.45) is 1.21. The molecule has 0 aromatic carbocycles. The third kappa shape index (κ3) is 2.21. The van der Waals surface area contributed by atoms with E-state index in [0.717, 1.165) is 0 Å². The standard InChI is InChI=1S/C9H14.C2H6/c1-6-5-7(2)9(4)8(6)3;1-2/h5H2,1-4H3;1-2H3. The summed E-state index contributed by atoms with van der Waals surface area (Å²) in [6, 6.07) is 0. The minimum Gasteiger partial charge on any atom is -0.0683 e. The van der Waals surface area contributed by atoms with E-state index in [1.807, 2.05) is 13.8 Å². The third-order valence-electron chi connectivity index (χ3n) is 2.37. The molecule has 64 valence electrons. The Kier molecular flexibility index (Phi) is 4.17. The molecule has 1 rings (SSSR count). The Morgan fingerprint density at radius 2 is 1.00 bits per heavy atom. The van der Waals surface area contributed by atoms with Crippen LogP contribution in [0, 0.1) is 0 Å². The molecule has 0 saturated heterocycles. The summed E-state index contributed by atoms with van der Waals surface area (Å²) in [5, 5.41) is 0. The Hall–Kier alpha value is -0.520. The van der Waals surface area contributed by atoms with Crippen molar-refractivity contribution in [1.82, 2.24) is 0 Å². The Morgan fingerprint density at radius 3 is 1.09 bits per heavy atom. The lowest BCUT2D eigenvalue weighted by Crippen LogP contribution is -1.74. The average Bonchev–Trinajstić information content (AvgIpc) is 2.22. The van der Waals surface area contributed by atoms with Gasteiger partial charge in [-0.25, -0.2) is 0 Å². The van der Waals surface area contributed by atoms with E-state index in [9.17, 15) is 0 Å². The molecule has 0 radical (unpaired) electrons. The van der Waals surface area contributed by atoms with Crippen LogP contribution >= 0.6 is 0 Å². The fourth-order valence-electron chi connectivity index (χ4n) is 1.30. The largest absolute Gasteiger partial charge is 0.0683 e. The molecule has 1 aliphatic carbocycles. The Labute approximate surface area is 71.0 Å². The second-order valence-electron chi connectivity index (χ2n) is 2.99. The average molecular weight is 152 g/mol. The molecule has 0 fully saturated rings. The van der Waals surface area contributed by atoms with Gasteiger partial charge in [-0.1, -0.05) is 25.0 Å². The van der Waals surface area contributed by atoms with Gasteiger partial charge in [-0.15, -0.1) is 0 Å². The van der Waals surface area contributed by atoms with Gasteiger partial charge in [-0.05, 0) is 45.3 Å². The van der Waals surface area contributed by atoms with Crippen molar-refractivity contribution in [2.45, 2.75) is 48.0 Å². The van der Waals surface area contributed by atoms with Crippen LogP contribution in [0.1, 0.15) is 48.0 Å². The SMILES string of the molecule is CC.CC1=C(C)C(C)=C(C)C1. The highest BCUT2D eigenvalue weighted by atomic mass is 14.2. The first-order chi connectivity index (χ1) is 5.13. The molecule has 0 heteroatoms. The molecule has 0 spiro atoms. The second kappa shape index (κ2) is 4.38. The summed E-state index contributed by atoms with van der Waals surface area (Å²) in [6.45, 7) is 12.9. The fourth-order valence-corrected chi connectivity index (χ4v) is 1.30. The van der Waals surface area contributed by atoms with Crippen LogP contribution in [-0.2, 0) is 0 Å². The van der Waals surface area contributed by atoms with Crippen molar-refractivity contribution < 1.29 is 0 Å². The first kappa shape index (κ1) is 10.5. The van der Waals surface area contributed by atoms with E-state index in [0.29, 0.717) is 0 Å². The van der Waals surface area contributed by atoms with Crippen LogP contribution in [0.5, 0.6) is 0 Å². The molecule has 11 heavy (non-hydrogen) atoms. The van der Waals surface area contributed by atoms with Crippen LogP contribution < -0.4 is 0 Å². The summed E-state index contributed by atoms with van der Waals surface area (Å²) in [7, 11) is 0. The monoisotopic (exact) mass is 152 g/mol. The molecule has 0 saturated carbocycles. The molecule has 1 aliphatic rings. The van der Waals surface area contributed by atoms with Crippen molar-refractivity contribution in [2.75, 3.05) is 0 Å². The molecule has 0 amide bonds. The zero-order valence-corrected chi connectivity index (χ0v) is 8.71. The van der Waals surface area contributed by atoms with Gasteiger partial charge < -0.3 is 0 Å². The lowest BCUT2D eigenvalue weighted by atomic mass is 10.1. The van der Waals surface area contributed by atoms with Crippen LogP contribution in [0.15, 0.2) is 22.3 Å². The highest BCUT2D eigenvalue weighted by Crippen LogP contribution is 2.30. The first-order valence-electron chi connectivity index (χ1n) is 4.46. The maximum Gasteiger partial charge on any atom is -0.0102 e. The van der Waals surface area contributed by atoms with Crippen LogP contribution in [-0.4, -0.2) is 0 Å². The third-order valence-corrected chi connectivity index (χ3v) is 2.37. The fraction of sp³-hybridized carbons (Fsp3) is 0.636. The Morgan fingerprint density at radius 1 is 0.727 bits per heavy atom. The molecule has 0 aliphatic heterocycles. The quantitative estimate of drug-likeness (QED) is 0.490. The molecular formula is C11H20. The molecule has 0 atom stereocenters. The van der Waals surface area contributed by atoms with Gasteiger partial charge in [0.15, 0.2) is 0 Å².